The van der Waals surface area contributed by atoms with E-state index >= 15 is 0 Å². The first-order valence-electron chi connectivity index (χ1n) is 10.1. The van der Waals surface area contributed by atoms with Gasteiger partial charge >= 0.3 is 0 Å². The van der Waals surface area contributed by atoms with E-state index in [1.807, 2.05) is 0 Å². The molecule has 0 aliphatic carbocycles. The Bertz CT molecular complexity index is 1010. The molecule has 0 spiro atoms. The van der Waals surface area contributed by atoms with Crippen LogP contribution in [0.25, 0.3) is 32.7 Å². The lowest BCUT2D eigenvalue weighted by Crippen LogP contribution is -1.94. The predicted molar refractivity (Wildman–Crippen MR) is 118 cm³/mol. The lowest BCUT2D eigenvalue weighted by molar-refractivity contribution is 0.318. The quantitative estimate of drug-likeness (QED) is 0.341. The highest BCUT2D eigenvalue weighted by atomic mass is 16.5. The van der Waals surface area contributed by atoms with E-state index < -0.39 is 0 Å². The highest BCUT2D eigenvalue weighted by Gasteiger charge is 2.04. The molecule has 2 heteroatoms. The second-order valence-electron chi connectivity index (χ2n) is 7.14. The fourth-order valence-electron chi connectivity index (χ4n) is 3.43. The Hall–Kier alpha value is -3.00. The maximum Gasteiger partial charge on any atom is 0.119 e. The van der Waals surface area contributed by atoms with Crippen molar-refractivity contribution in [3.05, 3.63) is 72.8 Å². The Morgan fingerprint density at radius 1 is 0.500 bits per heavy atom. The van der Waals surface area contributed by atoms with Gasteiger partial charge < -0.3 is 9.47 Å². The smallest absolute Gasteiger partial charge is 0.119 e. The van der Waals surface area contributed by atoms with E-state index in [1.165, 1.54) is 32.7 Å². The summed E-state index contributed by atoms with van der Waals surface area (Å²) in [6.45, 7) is 5.75. The van der Waals surface area contributed by atoms with Crippen molar-refractivity contribution in [1.29, 1.82) is 0 Å². The number of ether oxygens (including phenoxy) is 2. The topological polar surface area (TPSA) is 18.5 Å². The number of rotatable bonds is 7. The second kappa shape index (κ2) is 8.35. The van der Waals surface area contributed by atoms with Gasteiger partial charge in [-0.2, -0.15) is 0 Å². The molecule has 0 aliphatic rings. The zero-order chi connectivity index (χ0) is 19.3. The van der Waals surface area contributed by atoms with Crippen LogP contribution in [-0.4, -0.2) is 13.2 Å². The van der Waals surface area contributed by atoms with Crippen molar-refractivity contribution in [1.82, 2.24) is 0 Å². The summed E-state index contributed by atoms with van der Waals surface area (Å²) in [6, 6.07) is 25.9. The van der Waals surface area contributed by atoms with E-state index in [1.54, 1.807) is 0 Å². The van der Waals surface area contributed by atoms with E-state index in [2.05, 4.69) is 86.6 Å². The number of fused-ring (bicyclic) bond motifs is 2. The van der Waals surface area contributed by atoms with Crippen molar-refractivity contribution < 1.29 is 9.47 Å². The van der Waals surface area contributed by atoms with Gasteiger partial charge in [0.15, 0.2) is 0 Å². The van der Waals surface area contributed by atoms with Gasteiger partial charge in [0.05, 0.1) is 13.2 Å². The molecule has 0 heterocycles. The van der Waals surface area contributed by atoms with Crippen LogP contribution in [0.5, 0.6) is 11.5 Å². The van der Waals surface area contributed by atoms with Crippen molar-refractivity contribution in [2.45, 2.75) is 26.7 Å². The summed E-state index contributed by atoms with van der Waals surface area (Å²) in [5, 5.41) is 4.86. The molecule has 4 aromatic carbocycles. The van der Waals surface area contributed by atoms with Gasteiger partial charge in [-0.05, 0) is 81.9 Å². The molecule has 2 nitrogen and oxygen atoms in total. The summed E-state index contributed by atoms with van der Waals surface area (Å²) >= 11 is 0. The van der Waals surface area contributed by atoms with Crippen LogP contribution >= 0.6 is 0 Å². The normalized spacial score (nSPS) is 11.1. The van der Waals surface area contributed by atoms with Crippen molar-refractivity contribution in [3.63, 3.8) is 0 Å². The number of benzene rings is 4. The fraction of sp³-hybridized carbons (Fsp3) is 0.231. The third kappa shape index (κ3) is 3.96. The lowest BCUT2D eigenvalue weighted by Gasteiger charge is -2.09. The third-order valence-electron chi connectivity index (χ3n) is 4.90. The largest absolute Gasteiger partial charge is 0.494 e. The molecular weight excluding hydrogens is 344 g/mol. The van der Waals surface area contributed by atoms with E-state index in [9.17, 15) is 0 Å². The van der Waals surface area contributed by atoms with Crippen LogP contribution in [0, 0.1) is 0 Å². The SMILES string of the molecule is CCCOc1ccc2cc(-c3ccc4cc(OCCC)ccc4c3)ccc2c1. The van der Waals surface area contributed by atoms with Gasteiger partial charge in [-0.3, -0.25) is 0 Å². The molecule has 4 rings (SSSR count). The molecule has 0 radical (unpaired) electrons. The number of hydrogen-bond donors (Lipinski definition) is 0. The molecule has 0 N–H and O–H groups in total. The highest BCUT2D eigenvalue weighted by molar-refractivity contribution is 5.92. The van der Waals surface area contributed by atoms with Crippen LogP contribution in [0.4, 0.5) is 0 Å². The third-order valence-corrected chi connectivity index (χ3v) is 4.90. The lowest BCUT2D eigenvalue weighted by atomic mass is 9.98. The Morgan fingerprint density at radius 2 is 0.893 bits per heavy atom. The van der Waals surface area contributed by atoms with Crippen LogP contribution in [0.3, 0.4) is 0 Å². The van der Waals surface area contributed by atoms with E-state index in [4.69, 9.17) is 9.47 Å². The molecule has 0 aromatic heterocycles. The predicted octanol–water partition coefficient (Wildman–Crippen LogP) is 7.24. The Labute approximate surface area is 166 Å². The molecule has 0 atom stereocenters. The zero-order valence-corrected chi connectivity index (χ0v) is 16.6. The Morgan fingerprint density at radius 3 is 1.32 bits per heavy atom. The van der Waals surface area contributed by atoms with Gasteiger partial charge in [-0.1, -0.05) is 50.2 Å². The van der Waals surface area contributed by atoms with Gasteiger partial charge in [-0.25, -0.2) is 0 Å². The van der Waals surface area contributed by atoms with Crippen LogP contribution in [-0.2, 0) is 0 Å². The van der Waals surface area contributed by atoms with Crippen LogP contribution < -0.4 is 9.47 Å². The minimum absolute atomic E-state index is 0.756. The molecule has 28 heavy (non-hydrogen) atoms. The highest BCUT2D eigenvalue weighted by Crippen LogP contribution is 2.30. The maximum absolute atomic E-state index is 5.75. The van der Waals surface area contributed by atoms with E-state index in [0.717, 1.165) is 37.6 Å². The molecular formula is C26H26O2. The molecule has 0 bridgehead atoms. The van der Waals surface area contributed by atoms with Crippen LogP contribution in [0.1, 0.15) is 26.7 Å². The van der Waals surface area contributed by atoms with Gasteiger partial charge in [0.2, 0.25) is 0 Å². The summed E-state index contributed by atoms with van der Waals surface area (Å²) < 4.78 is 11.5. The molecule has 0 fully saturated rings. The molecule has 0 amide bonds. The first kappa shape index (κ1) is 18.4. The molecule has 0 saturated heterocycles. The standard InChI is InChI=1S/C26H26O2/c1-3-13-27-25-11-9-21-15-19(5-7-23(21)17-25)20-6-8-24-18-26(28-14-4-2)12-10-22(24)16-20/h5-12,15-18H,3-4,13-14H2,1-2H3. The summed E-state index contributed by atoms with van der Waals surface area (Å²) in [5.74, 6) is 1.88. The van der Waals surface area contributed by atoms with Gasteiger partial charge in [0.1, 0.15) is 11.5 Å². The fourth-order valence-corrected chi connectivity index (χ4v) is 3.43. The summed E-state index contributed by atoms with van der Waals surface area (Å²) in [5.41, 5.74) is 2.45. The van der Waals surface area contributed by atoms with Crippen LogP contribution in [0.15, 0.2) is 72.8 Å². The van der Waals surface area contributed by atoms with Crippen molar-refractivity contribution in [3.8, 4) is 22.6 Å². The first-order chi connectivity index (χ1) is 13.8. The van der Waals surface area contributed by atoms with Crippen LogP contribution in [0.2, 0.25) is 0 Å². The molecule has 0 aliphatic heterocycles. The minimum atomic E-state index is 0.756. The summed E-state index contributed by atoms with van der Waals surface area (Å²) in [6.07, 6.45) is 2.04. The van der Waals surface area contributed by atoms with E-state index in [0.29, 0.717) is 0 Å². The minimum Gasteiger partial charge on any atom is -0.494 e. The molecule has 0 unspecified atom stereocenters. The Kier molecular flexibility index (Phi) is 5.48. The summed E-state index contributed by atoms with van der Waals surface area (Å²) in [7, 11) is 0. The Balaban J connectivity index is 1.63. The van der Waals surface area contributed by atoms with Gasteiger partial charge in [0.25, 0.3) is 0 Å². The average molecular weight is 370 g/mol. The second-order valence-corrected chi connectivity index (χ2v) is 7.14. The van der Waals surface area contributed by atoms with Gasteiger partial charge in [0, 0.05) is 0 Å². The van der Waals surface area contributed by atoms with Crippen molar-refractivity contribution in [2.24, 2.45) is 0 Å². The van der Waals surface area contributed by atoms with Gasteiger partial charge in [-0.15, -0.1) is 0 Å². The maximum atomic E-state index is 5.75. The average Bonchev–Trinajstić information content (AvgIpc) is 2.75. The monoisotopic (exact) mass is 370 g/mol. The van der Waals surface area contributed by atoms with E-state index in [-0.39, 0.29) is 0 Å². The van der Waals surface area contributed by atoms with Crippen molar-refractivity contribution >= 4 is 21.5 Å². The molecule has 0 saturated carbocycles. The molecule has 142 valence electrons. The first-order valence-corrected chi connectivity index (χ1v) is 10.1. The summed E-state index contributed by atoms with van der Waals surface area (Å²) in [4.78, 5) is 0. The molecule has 4 aromatic rings. The zero-order valence-electron chi connectivity index (χ0n) is 16.6. The van der Waals surface area contributed by atoms with Crippen molar-refractivity contribution in [2.75, 3.05) is 13.2 Å². The number of hydrogen-bond acceptors (Lipinski definition) is 2.